The third-order valence-corrected chi connectivity index (χ3v) is 3.05. The SMILES string of the molecule is C[C@@H]1SCC[C@@]1(O)C#N. The molecule has 0 aromatic carbocycles. The summed E-state index contributed by atoms with van der Waals surface area (Å²) in [7, 11) is 0. The average Bonchev–Trinajstić information content (AvgIpc) is 2.15. The van der Waals surface area contributed by atoms with Crippen molar-refractivity contribution in [3.8, 4) is 6.07 Å². The molecule has 0 spiro atoms. The van der Waals surface area contributed by atoms with Crippen LogP contribution in [0.1, 0.15) is 13.3 Å². The molecular formula is C6H9NOS. The van der Waals surface area contributed by atoms with Crippen molar-refractivity contribution in [3.05, 3.63) is 0 Å². The number of hydrogen-bond donors (Lipinski definition) is 1. The van der Waals surface area contributed by atoms with Crippen molar-refractivity contribution in [3.63, 3.8) is 0 Å². The average molecular weight is 143 g/mol. The number of aliphatic hydroxyl groups is 1. The highest BCUT2D eigenvalue weighted by atomic mass is 32.2. The normalized spacial score (nSPS) is 42.6. The van der Waals surface area contributed by atoms with Crippen LogP contribution in [-0.4, -0.2) is 21.7 Å². The van der Waals surface area contributed by atoms with E-state index in [1.807, 2.05) is 13.0 Å². The zero-order chi connectivity index (χ0) is 6.91. The summed E-state index contributed by atoms with van der Waals surface area (Å²) in [5, 5.41) is 18.0. The van der Waals surface area contributed by atoms with E-state index in [9.17, 15) is 5.11 Å². The van der Waals surface area contributed by atoms with Crippen molar-refractivity contribution in [2.75, 3.05) is 5.75 Å². The van der Waals surface area contributed by atoms with Gasteiger partial charge in [-0.2, -0.15) is 17.0 Å². The van der Waals surface area contributed by atoms with Gasteiger partial charge in [0, 0.05) is 5.25 Å². The number of nitrogens with zero attached hydrogens (tertiary/aromatic N) is 1. The zero-order valence-corrected chi connectivity index (χ0v) is 6.11. The molecule has 1 heterocycles. The van der Waals surface area contributed by atoms with E-state index >= 15 is 0 Å². The molecule has 0 radical (unpaired) electrons. The van der Waals surface area contributed by atoms with E-state index in [4.69, 9.17) is 5.26 Å². The Labute approximate surface area is 58.9 Å². The Kier molecular flexibility index (Phi) is 1.69. The van der Waals surface area contributed by atoms with Gasteiger partial charge in [0.25, 0.3) is 0 Å². The first kappa shape index (κ1) is 6.91. The van der Waals surface area contributed by atoms with Crippen molar-refractivity contribution >= 4 is 11.8 Å². The largest absolute Gasteiger partial charge is 0.374 e. The van der Waals surface area contributed by atoms with Gasteiger partial charge in [-0.3, -0.25) is 0 Å². The molecule has 0 unspecified atom stereocenters. The molecule has 3 heteroatoms. The fraction of sp³-hybridized carbons (Fsp3) is 0.833. The smallest absolute Gasteiger partial charge is 0.163 e. The Balaban J connectivity index is 2.70. The van der Waals surface area contributed by atoms with Crippen LogP contribution in [0, 0.1) is 11.3 Å². The monoisotopic (exact) mass is 143 g/mol. The Hall–Kier alpha value is -0.200. The maximum absolute atomic E-state index is 9.39. The summed E-state index contributed by atoms with van der Waals surface area (Å²) in [6, 6.07) is 1.92. The van der Waals surface area contributed by atoms with Gasteiger partial charge < -0.3 is 5.11 Å². The molecule has 0 bridgehead atoms. The highest BCUT2D eigenvalue weighted by Gasteiger charge is 2.38. The first-order chi connectivity index (χ1) is 4.19. The van der Waals surface area contributed by atoms with Gasteiger partial charge in [0.2, 0.25) is 0 Å². The van der Waals surface area contributed by atoms with Crippen LogP contribution in [-0.2, 0) is 0 Å². The van der Waals surface area contributed by atoms with Crippen molar-refractivity contribution in [2.45, 2.75) is 24.2 Å². The van der Waals surface area contributed by atoms with E-state index < -0.39 is 5.60 Å². The topological polar surface area (TPSA) is 44.0 Å². The number of hydrogen-bond acceptors (Lipinski definition) is 3. The Morgan fingerprint density at radius 1 is 1.89 bits per heavy atom. The molecule has 1 aliphatic rings. The van der Waals surface area contributed by atoms with Gasteiger partial charge >= 0.3 is 0 Å². The van der Waals surface area contributed by atoms with Crippen molar-refractivity contribution in [1.82, 2.24) is 0 Å². The fourth-order valence-corrected chi connectivity index (χ4v) is 2.11. The van der Waals surface area contributed by atoms with E-state index in [1.54, 1.807) is 11.8 Å². The Morgan fingerprint density at radius 2 is 2.56 bits per heavy atom. The minimum Gasteiger partial charge on any atom is -0.374 e. The van der Waals surface area contributed by atoms with Gasteiger partial charge in [-0.1, -0.05) is 0 Å². The predicted molar refractivity (Wildman–Crippen MR) is 37.1 cm³/mol. The molecule has 1 N–H and O–H groups in total. The number of rotatable bonds is 0. The summed E-state index contributed by atoms with van der Waals surface area (Å²) >= 11 is 1.66. The molecule has 0 aromatic rings. The molecule has 0 amide bonds. The van der Waals surface area contributed by atoms with Gasteiger partial charge in [-0.15, -0.1) is 0 Å². The molecule has 0 aromatic heterocycles. The Bertz CT molecular complexity index is 154. The van der Waals surface area contributed by atoms with E-state index in [2.05, 4.69) is 0 Å². The van der Waals surface area contributed by atoms with Crippen LogP contribution in [0.2, 0.25) is 0 Å². The second kappa shape index (κ2) is 2.20. The molecule has 2 nitrogen and oxygen atoms in total. The molecule has 1 aliphatic heterocycles. The van der Waals surface area contributed by atoms with Gasteiger partial charge in [0.15, 0.2) is 5.60 Å². The predicted octanol–water partition coefficient (Wildman–Crippen LogP) is 0.766. The van der Waals surface area contributed by atoms with Crippen LogP contribution in [0.4, 0.5) is 0 Å². The highest BCUT2D eigenvalue weighted by Crippen LogP contribution is 2.34. The molecule has 2 atom stereocenters. The first-order valence-electron chi connectivity index (χ1n) is 2.94. The lowest BCUT2D eigenvalue weighted by atomic mass is 10.0. The molecular weight excluding hydrogens is 134 g/mol. The minimum absolute atomic E-state index is 0.0856. The van der Waals surface area contributed by atoms with Gasteiger partial charge in [0.05, 0.1) is 6.07 Å². The summed E-state index contributed by atoms with van der Waals surface area (Å²) in [5.74, 6) is 0.908. The maximum Gasteiger partial charge on any atom is 0.163 e. The number of nitriles is 1. The van der Waals surface area contributed by atoms with Crippen molar-refractivity contribution in [1.29, 1.82) is 5.26 Å². The highest BCUT2D eigenvalue weighted by molar-refractivity contribution is 8.00. The lowest BCUT2D eigenvalue weighted by Crippen LogP contribution is -2.31. The summed E-state index contributed by atoms with van der Waals surface area (Å²) in [5.41, 5.74) is -1.04. The third-order valence-electron chi connectivity index (χ3n) is 1.72. The van der Waals surface area contributed by atoms with Gasteiger partial charge in [0.1, 0.15) is 0 Å². The molecule has 0 saturated carbocycles. The fourth-order valence-electron chi connectivity index (χ4n) is 0.879. The van der Waals surface area contributed by atoms with E-state index in [-0.39, 0.29) is 5.25 Å². The van der Waals surface area contributed by atoms with E-state index in [1.165, 1.54) is 0 Å². The standard InChI is InChI=1S/C6H9NOS/c1-5-6(8,4-7)2-3-9-5/h5,8H,2-3H2,1H3/t5-,6+/m0/s1. The molecule has 0 aliphatic carbocycles. The molecule has 9 heavy (non-hydrogen) atoms. The second-order valence-electron chi connectivity index (χ2n) is 2.30. The summed E-state index contributed by atoms with van der Waals surface area (Å²) in [4.78, 5) is 0. The van der Waals surface area contributed by atoms with Crippen molar-refractivity contribution < 1.29 is 5.11 Å². The number of thioether (sulfide) groups is 1. The quantitative estimate of drug-likeness (QED) is 0.509. The zero-order valence-electron chi connectivity index (χ0n) is 5.29. The summed E-state index contributed by atoms with van der Waals surface area (Å²) in [6.07, 6.45) is 0.620. The van der Waals surface area contributed by atoms with Crippen LogP contribution >= 0.6 is 11.8 Å². The third kappa shape index (κ3) is 1.05. The maximum atomic E-state index is 9.39. The molecule has 1 rings (SSSR count). The van der Waals surface area contributed by atoms with Crippen LogP contribution in [0.15, 0.2) is 0 Å². The molecule has 1 saturated heterocycles. The first-order valence-corrected chi connectivity index (χ1v) is 3.99. The minimum atomic E-state index is -1.04. The van der Waals surface area contributed by atoms with Crippen LogP contribution < -0.4 is 0 Å². The van der Waals surface area contributed by atoms with Gasteiger partial charge in [-0.05, 0) is 19.1 Å². The van der Waals surface area contributed by atoms with Crippen molar-refractivity contribution in [2.24, 2.45) is 0 Å². The van der Waals surface area contributed by atoms with E-state index in [0.717, 1.165) is 5.75 Å². The van der Waals surface area contributed by atoms with Crippen LogP contribution in [0.25, 0.3) is 0 Å². The lowest BCUT2D eigenvalue weighted by molar-refractivity contribution is 0.105. The van der Waals surface area contributed by atoms with E-state index in [0.29, 0.717) is 6.42 Å². The molecule has 50 valence electrons. The summed E-state index contributed by atoms with van der Waals surface area (Å²) < 4.78 is 0. The van der Waals surface area contributed by atoms with Crippen LogP contribution in [0.5, 0.6) is 0 Å². The second-order valence-corrected chi connectivity index (χ2v) is 3.75. The Morgan fingerprint density at radius 3 is 2.78 bits per heavy atom. The molecule has 1 fully saturated rings. The van der Waals surface area contributed by atoms with Gasteiger partial charge in [-0.25, -0.2) is 0 Å². The van der Waals surface area contributed by atoms with Crippen LogP contribution in [0.3, 0.4) is 0 Å². The summed E-state index contributed by atoms with van der Waals surface area (Å²) in [6.45, 7) is 1.89. The lowest BCUT2D eigenvalue weighted by Gasteiger charge is -2.16.